The Balaban J connectivity index is 2.39. The van der Waals surface area contributed by atoms with Crippen LogP contribution in [0, 0.1) is 0 Å². The van der Waals surface area contributed by atoms with Gasteiger partial charge in [-0.15, -0.1) is 0 Å². The lowest BCUT2D eigenvalue weighted by Crippen LogP contribution is -2.15. The lowest BCUT2D eigenvalue weighted by atomic mass is 9.83. The van der Waals surface area contributed by atoms with E-state index in [9.17, 15) is 0 Å². The van der Waals surface area contributed by atoms with Crippen LogP contribution in [0.4, 0.5) is 0 Å². The largest absolute Gasteiger partial charge is 0.254 e. The average Bonchev–Trinajstić information content (AvgIpc) is 2.49. The maximum absolute atomic E-state index is 4.49. The van der Waals surface area contributed by atoms with Crippen molar-refractivity contribution in [1.29, 1.82) is 0 Å². The summed E-state index contributed by atoms with van der Waals surface area (Å²) < 4.78 is 1.02. The fraction of sp³-hybridized carbons (Fsp3) is 0.231. The molecule has 2 aromatic heterocycles. The molecule has 0 unspecified atom stereocenters. The van der Waals surface area contributed by atoms with Crippen LogP contribution in [-0.4, -0.2) is 9.97 Å². The molecule has 0 aliphatic heterocycles. The van der Waals surface area contributed by atoms with Gasteiger partial charge in [-0.25, -0.2) is 0 Å². The van der Waals surface area contributed by atoms with Crippen LogP contribution in [0.2, 0.25) is 0 Å². The molecular formula is C13H11BrN2. The third kappa shape index (κ3) is 1.18. The Labute approximate surface area is 103 Å². The predicted octanol–water partition coefficient (Wildman–Crippen LogP) is 3.55. The van der Waals surface area contributed by atoms with Crippen molar-refractivity contribution in [2.75, 3.05) is 0 Å². The van der Waals surface area contributed by atoms with Crippen molar-refractivity contribution < 1.29 is 0 Å². The summed E-state index contributed by atoms with van der Waals surface area (Å²) in [6, 6.07) is 6.27. The van der Waals surface area contributed by atoms with E-state index in [1.165, 1.54) is 11.1 Å². The van der Waals surface area contributed by atoms with Crippen molar-refractivity contribution in [1.82, 2.24) is 9.97 Å². The predicted molar refractivity (Wildman–Crippen MR) is 67.3 cm³/mol. The molecule has 0 spiro atoms. The zero-order chi connectivity index (χ0) is 11.3. The average molecular weight is 275 g/mol. The van der Waals surface area contributed by atoms with Crippen molar-refractivity contribution >= 4 is 15.9 Å². The topological polar surface area (TPSA) is 25.8 Å². The van der Waals surface area contributed by atoms with Gasteiger partial charge in [0.1, 0.15) is 0 Å². The van der Waals surface area contributed by atoms with Gasteiger partial charge in [0.05, 0.1) is 11.4 Å². The minimum atomic E-state index is -0.00426. The van der Waals surface area contributed by atoms with Crippen LogP contribution in [0.5, 0.6) is 0 Å². The van der Waals surface area contributed by atoms with E-state index in [4.69, 9.17) is 0 Å². The molecule has 0 aromatic carbocycles. The molecule has 0 saturated carbocycles. The monoisotopic (exact) mass is 274 g/mol. The van der Waals surface area contributed by atoms with Crippen LogP contribution in [0.25, 0.3) is 11.4 Å². The van der Waals surface area contributed by atoms with E-state index < -0.39 is 0 Å². The van der Waals surface area contributed by atoms with E-state index >= 15 is 0 Å². The Kier molecular flexibility index (Phi) is 1.96. The summed E-state index contributed by atoms with van der Waals surface area (Å²) in [4.78, 5) is 8.93. The molecule has 0 fully saturated rings. The van der Waals surface area contributed by atoms with E-state index in [0.717, 1.165) is 15.9 Å². The van der Waals surface area contributed by atoms with Crippen molar-refractivity contribution in [2.24, 2.45) is 0 Å². The highest BCUT2D eigenvalue weighted by molar-refractivity contribution is 9.10. The van der Waals surface area contributed by atoms with Gasteiger partial charge >= 0.3 is 0 Å². The molecule has 0 N–H and O–H groups in total. The minimum absolute atomic E-state index is 0.00426. The lowest BCUT2D eigenvalue weighted by molar-refractivity contribution is 0.657. The second-order valence-electron chi connectivity index (χ2n) is 4.57. The van der Waals surface area contributed by atoms with Gasteiger partial charge in [-0.3, -0.25) is 9.97 Å². The third-order valence-electron chi connectivity index (χ3n) is 3.23. The fourth-order valence-electron chi connectivity index (χ4n) is 2.35. The number of rotatable bonds is 0. The first-order valence-corrected chi connectivity index (χ1v) is 6.02. The molecule has 1 aliphatic rings. The number of hydrogen-bond donors (Lipinski definition) is 0. The Hall–Kier alpha value is -1.22. The normalized spacial score (nSPS) is 15.7. The smallest absolute Gasteiger partial charge is 0.0930 e. The Morgan fingerprint density at radius 1 is 1.12 bits per heavy atom. The van der Waals surface area contributed by atoms with Gasteiger partial charge in [0, 0.05) is 22.3 Å². The summed E-state index contributed by atoms with van der Waals surface area (Å²) in [5, 5.41) is 0. The second kappa shape index (κ2) is 3.14. The molecule has 0 bridgehead atoms. The fourth-order valence-corrected chi connectivity index (χ4v) is 2.68. The molecule has 0 saturated heterocycles. The van der Waals surface area contributed by atoms with Crippen LogP contribution < -0.4 is 0 Å². The Morgan fingerprint density at radius 3 is 2.69 bits per heavy atom. The van der Waals surface area contributed by atoms with Crippen LogP contribution in [0.3, 0.4) is 0 Å². The van der Waals surface area contributed by atoms with E-state index in [1.807, 2.05) is 18.5 Å². The lowest BCUT2D eigenvalue weighted by Gasteiger charge is -2.20. The van der Waals surface area contributed by atoms with Gasteiger partial charge in [0.2, 0.25) is 0 Å². The maximum atomic E-state index is 4.49. The molecule has 80 valence electrons. The number of nitrogens with zero attached hydrogens (tertiary/aromatic N) is 2. The minimum Gasteiger partial charge on any atom is -0.254 e. The number of pyridine rings is 2. The molecule has 0 atom stereocenters. The summed E-state index contributed by atoms with van der Waals surface area (Å²) in [5.74, 6) is 0. The Bertz CT molecular complexity index is 576. The van der Waals surface area contributed by atoms with Crippen LogP contribution in [-0.2, 0) is 5.41 Å². The molecule has 0 amide bonds. The highest BCUT2D eigenvalue weighted by Gasteiger charge is 2.37. The first-order chi connectivity index (χ1) is 7.60. The highest BCUT2D eigenvalue weighted by Crippen LogP contribution is 2.46. The quantitative estimate of drug-likeness (QED) is 0.734. The summed E-state index contributed by atoms with van der Waals surface area (Å²) in [6.45, 7) is 4.43. The highest BCUT2D eigenvalue weighted by atomic mass is 79.9. The van der Waals surface area contributed by atoms with E-state index in [0.29, 0.717) is 0 Å². The molecule has 3 rings (SSSR count). The van der Waals surface area contributed by atoms with Crippen LogP contribution in [0.1, 0.15) is 25.0 Å². The zero-order valence-electron chi connectivity index (χ0n) is 9.16. The van der Waals surface area contributed by atoms with Crippen LogP contribution >= 0.6 is 15.9 Å². The van der Waals surface area contributed by atoms with E-state index in [-0.39, 0.29) is 5.41 Å². The van der Waals surface area contributed by atoms with Crippen molar-refractivity contribution in [3.63, 3.8) is 0 Å². The number of hydrogen-bond acceptors (Lipinski definition) is 2. The van der Waals surface area contributed by atoms with Crippen molar-refractivity contribution in [3.05, 3.63) is 46.2 Å². The second-order valence-corrected chi connectivity index (χ2v) is 5.49. The maximum Gasteiger partial charge on any atom is 0.0930 e. The molecule has 1 aliphatic carbocycles. The van der Waals surface area contributed by atoms with Gasteiger partial charge in [-0.05, 0) is 39.2 Å². The SMILES string of the molecule is CC1(C)c2cccnc2-c2ncc(Br)cc21. The molecule has 3 heteroatoms. The first kappa shape index (κ1) is 9.97. The molecule has 2 heterocycles. The first-order valence-electron chi connectivity index (χ1n) is 5.22. The molecule has 2 aromatic rings. The number of fused-ring (bicyclic) bond motifs is 3. The van der Waals surface area contributed by atoms with E-state index in [2.05, 4.69) is 51.9 Å². The van der Waals surface area contributed by atoms with E-state index in [1.54, 1.807) is 0 Å². The molecule has 16 heavy (non-hydrogen) atoms. The summed E-state index contributed by atoms with van der Waals surface area (Å²) in [6.07, 6.45) is 3.66. The zero-order valence-corrected chi connectivity index (χ0v) is 10.7. The van der Waals surface area contributed by atoms with Gasteiger partial charge in [0.15, 0.2) is 0 Å². The van der Waals surface area contributed by atoms with Gasteiger partial charge in [-0.1, -0.05) is 19.9 Å². The summed E-state index contributed by atoms with van der Waals surface area (Å²) in [7, 11) is 0. The summed E-state index contributed by atoms with van der Waals surface area (Å²) in [5.41, 5.74) is 4.54. The summed E-state index contributed by atoms with van der Waals surface area (Å²) >= 11 is 3.48. The van der Waals surface area contributed by atoms with Crippen molar-refractivity contribution in [2.45, 2.75) is 19.3 Å². The molecule has 0 radical (unpaired) electrons. The number of aromatic nitrogens is 2. The van der Waals surface area contributed by atoms with Gasteiger partial charge in [0.25, 0.3) is 0 Å². The van der Waals surface area contributed by atoms with Crippen molar-refractivity contribution in [3.8, 4) is 11.4 Å². The van der Waals surface area contributed by atoms with Gasteiger partial charge in [-0.2, -0.15) is 0 Å². The number of halogens is 1. The Morgan fingerprint density at radius 2 is 1.88 bits per heavy atom. The van der Waals surface area contributed by atoms with Crippen LogP contribution in [0.15, 0.2) is 35.1 Å². The third-order valence-corrected chi connectivity index (χ3v) is 3.67. The molecular weight excluding hydrogens is 264 g/mol. The standard InChI is InChI=1S/C13H11BrN2/c1-13(2)9-4-3-5-15-11(9)12-10(13)6-8(14)7-16-12/h3-7H,1-2H3. The van der Waals surface area contributed by atoms with Gasteiger partial charge < -0.3 is 0 Å². The molecule has 2 nitrogen and oxygen atoms in total.